The molecule has 2 N–H and O–H groups in total. The van der Waals surface area contributed by atoms with Gasteiger partial charge >= 0.3 is 0 Å². The van der Waals surface area contributed by atoms with Crippen LogP contribution in [-0.4, -0.2) is 64.2 Å². The first-order chi connectivity index (χ1) is 18.0. The zero-order valence-electron chi connectivity index (χ0n) is 21.7. The van der Waals surface area contributed by atoms with Gasteiger partial charge in [-0.2, -0.15) is 13.5 Å². The highest BCUT2D eigenvalue weighted by molar-refractivity contribution is 7.59. The summed E-state index contributed by atoms with van der Waals surface area (Å²) in [6, 6.07) is 6.20. The summed E-state index contributed by atoms with van der Waals surface area (Å²) in [6.45, 7) is 6.03. The third-order valence-electron chi connectivity index (χ3n) is 7.11. The topological polar surface area (TPSA) is 110 Å². The fraction of sp³-hybridized carbons (Fsp3) is 0.464. The lowest BCUT2D eigenvalue weighted by Crippen LogP contribution is -2.37. The number of nitrogens with one attached hydrogen (secondary N) is 1. The molecule has 2 atom stereocenters. The number of nitrogens with zero attached hydrogens (tertiary/aromatic N) is 3. The van der Waals surface area contributed by atoms with Crippen molar-refractivity contribution < 1.29 is 23.8 Å². The number of aromatic nitrogens is 2. The van der Waals surface area contributed by atoms with Gasteiger partial charge in [0.25, 0.3) is 0 Å². The highest BCUT2D eigenvalue weighted by Gasteiger charge is 2.22. The predicted octanol–water partition coefficient (Wildman–Crippen LogP) is 3.65. The van der Waals surface area contributed by atoms with E-state index in [-0.39, 0.29) is 31.7 Å². The SMILES string of the molecule is Cc1c(OCc2cnco2)ccc2c1CCN(C[C@@H](O)CCC(=O)c1cncc(NC3CCOC3)c1)C2.S. The first-order valence-electron chi connectivity index (χ1n) is 12.9. The Bertz CT molecular complexity index is 1200. The Hall–Kier alpha value is -2.92. The summed E-state index contributed by atoms with van der Waals surface area (Å²) in [4.78, 5) is 23.1. The third-order valence-corrected chi connectivity index (χ3v) is 7.11. The van der Waals surface area contributed by atoms with E-state index in [1.54, 1.807) is 18.6 Å². The molecule has 204 valence electrons. The maximum Gasteiger partial charge on any atom is 0.181 e. The molecule has 0 amide bonds. The lowest BCUT2D eigenvalue weighted by molar-refractivity contribution is 0.0836. The number of hydrogen-bond acceptors (Lipinski definition) is 9. The van der Waals surface area contributed by atoms with Crippen LogP contribution in [0.4, 0.5) is 5.69 Å². The monoisotopic (exact) mass is 540 g/mol. The molecule has 1 aromatic carbocycles. The average Bonchev–Trinajstić information content (AvgIpc) is 3.62. The second-order valence-electron chi connectivity index (χ2n) is 9.85. The van der Waals surface area contributed by atoms with Gasteiger partial charge < -0.3 is 24.3 Å². The molecule has 38 heavy (non-hydrogen) atoms. The zero-order valence-corrected chi connectivity index (χ0v) is 22.7. The third kappa shape index (κ3) is 7.13. The summed E-state index contributed by atoms with van der Waals surface area (Å²) in [5.41, 5.74) is 5.10. The summed E-state index contributed by atoms with van der Waals surface area (Å²) >= 11 is 0. The van der Waals surface area contributed by atoms with Gasteiger partial charge in [-0.05, 0) is 55.0 Å². The summed E-state index contributed by atoms with van der Waals surface area (Å²) < 4.78 is 16.6. The van der Waals surface area contributed by atoms with E-state index >= 15 is 0 Å². The first-order valence-corrected chi connectivity index (χ1v) is 12.9. The molecule has 0 bridgehead atoms. The van der Waals surface area contributed by atoms with Crippen molar-refractivity contribution in [3.05, 3.63) is 71.2 Å². The number of carbonyl (C=O) groups excluding carboxylic acids is 1. The fourth-order valence-electron chi connectivity index (χ4n) is 5.04. The number of oxazole rings is 1. The van der Waals surface area contributed by atoms with Crippen LogP contribution in [-0.2, 0) is 24.3 Å². The highest BCUT2D eigenvalue weighted by Crippen LogP contribution is 2.30. The molecule has 4 heterocycles. The number of rotatable bonds is 11. The zero-order chi connectivity index (χ0) is 25.6. The molecule has 0 spiro atoms. The quantitative estimate of drug-likeness (QED) is 0.352. The minimum Gasteiger partial charge on any atom is -0.485 e. The van der Waals surface area contributed by atoms with E-state index in [1.807, 2.05) is 12.1 Å². The number of anilines is 1. The van der Waals surface area contributed by atoms with E-state index in [2.05, 4.69) is 33.2 Å². The number of β-amino-alcohol motifs (C(OH)–C–C–N with tert-alkyl or cyclic N) is 1. The number of ketones is 1. The number of aliphatic hydroxyl groups excluding tert-OH is 1. The van der Waals surface area contributed by atoms with Crippen LogP contribution in [0.3, 0.4) is 0 Å². The van der Waals surface area contributed by atoms with Crippen molar-refractivity contribution >= 4 is 25.0 Å². The predicted molar refractivity (Wildman–Crippen MR) is 148 cm³/mol. The van der Waals surface area contributed by atoms with Crippen molar-refractivity contribution in [3.8, 4) is 5.75 Å². The number of pyridine rings is 1. The van der Waals surface area contributed by atoms with Crippen molar-refractivity contribution in [1.82, 2.24) is 14.9 Å². The minimum atomic E-state index is -0.569. The van der Waals surface area contributed by atoms with Gasteiger partial charge in [-0.1, -0.05) is 6.07 Å². The molecule has 10 heteroatoms. The summed E-state index contributed by atoms with van der Waals surface area (Å²) in [5.74, 6) is 1.54. The van der Waals surface area contributed by atoms with E-state index in [4.69, 9.17) is 13.9 Å². The summed E-state index contributed by atoms with van der Waals surface area (Å²) in [6.07, 6.45) is 8.36. The largest absolute Gasteiger partial charge is 0.485 e. The smallest absolute Gasteiger partial charge is 0.181 e. The maximum absolute atomic E-state index is 12.8. The van der Waals surface area contributed by atoms with Gasteiger partial charge in [0.1, 0.15) is 12.4 Å². The van der Waals surface area contributed by atoms with Crippen LogP contribution in [0.25, 0.3) is 0 Å². The van der Waals surface area contributed by atoms with Gasteiger partial charge in [0.15, 0.2) is 17.9 Å². The van der Waals surface area contributed by atoms with Crippen LogP contribution in [0.1, 0.15) is 52.1 Å². The Labute approximate surface area is 230 Å². The Morgan fingerprint density at radius 1 is 1.29 bits per heavy atom. The van der Waals surface area contributed by atoms with Gasteiger partial charge in [-0.25, -0.2) is 4.98 Å². The van der Waals surface area contributed by atoms with Crippen molar-refractivity contribution in [3.63, 3.8) is 0 Å². The number of aliphatic hydroxyl groups is 1. The number of ether oxygens (including phenoxy) is 2. The molecular formula is C28H36N4O5S. The molecule has 0 radical (unpaired) electrons. The molecular weight excluding hydrogens is 504 g/mol. The molecule has 0 saturated carbocycles. The van der Waals surface area contributed by atoms with E-state index in [0.717, 1.165) is 49.5 Å². The maximum atomic E-state index is 12.8. The molecule has 5 rings (SSSR count). The fourth-order valence-corrected chi connectivity index (χ4v) is 5.04. The molecule has 0 aliphatic carbocycles. The Morgan fingerprint density at radius 3 is 2.97 bits per heavy atom. The second kappa shape index (κ2) is 13.2. The number of hydrogen-bond donors (Lipinski definition) is 2. The molecule has 2 aliphatic rings. The number of benzene rings is 1. The van der Waals surface area contributed by atoms with Crippen molar-refractivity contribution in [2.45, 2.75) is 57.9 Å². The van der Waals surface area contributed by atoms with E-state index in [0.29, 0.717) is 37.5 Å². The van der Waals surface area contributed by atoms with Crippen LogP contribution < -0.4 is 10.1 Å². The highest BCUT2D eigenvalue weighted by atomic mass is 32.1. The molecule has 1 unspecified atom stereocenters. The lowest BCUT2D eigenvalue weighted by Gasteiger charge is -2.31. The minimum absolute atomic E-state index is 0. The average molecular weight is 541 g/mol. The normalized spacial score (nSPS) is 17.9. The van der Waals surface area contributed by atoms with Crippen LogP contribution in [0.15, 0.2) is 47.6 Å². The van der Waals surface area contributed by atoms with Crippen LogP contribution in [0, 0.1) is 6.92 Å². The Balaban J connectivity index is 0.00000336. The second-order valence-corrected chi connectivity index (χ2v) is 9.85. The van der Waals surface area contributed by atoms with Crippen molar-refractivity contribution in [1.29, 1.82) is 0 Å². The molecule has 2 aliphatic heterocycles. The molecule has 1 fully saturated rings. The number of fused-ring (bicyclic) bond motifs is 1. The van der Waals surface area contributed by atoms with Crippen LogP contribution in [0.5, 0.6) is 5.75 Å². The summed E-state index contributed by atoms with van der Waals surface area (Å²) in [7, 11) is 0. The van der Waals surface area contributed by atoms with Gasteiger partial charge in [0.05, 0.1) is 30.6 Å². The van der Waals surface area contributed by atoms with Gasteiger partial charge in [0, 0.05) is 50.6 Å². The van der Waals surface area contributed by atoms with Crippen LogP contribution in [0.2, 0.25) is 0 Å². The van der Waals surface area contributed by atoms with Crippen molar-refractivity contribution in [2.24, 2.45) is 0 Å². The first kappa shape index (κ1) is 28.1. The molecule has 1 saturated heterocycles. The molecule has 2 aromatic heterocycles. The summed E-state index contributed by atoms with van der Waals surface area (Å²) in [5, 5.41) is 14.1. The molecule has 3 aromatic rings. The molecule has 9 nitrogen and oxygen atoms in total. The van der Waals surface area contributed by atoms with Gasteiger partial charge in [0.2, 0.25) is 0 Å². The number of carbonyl (C=O) groups is 1. The van der Waals surface area contributed by atoms with Crippen LogP contribution >= 0.6 is 13.5 Å². The van der Waals surface area contributed by atoms with E-state index < -0.39 is 6.10 Å². The number of Topliss-reactive ketones (excluding diaryl/α,β-unsaturated/α-hetero) is 1. The van der Waals surface area contributed by atoms with E-state index in [9.17, 15) is 9.90 Å². The Kier molecular flexibility index (Phi) is 9.79. The van der Waals surface area contributed by atoms with Crippen molar-refractivity contribution in [2.75, 3.05) is 31.6 Å². The van der Waals surface area contributed by atoms with E-state index in [1.165, 1.54) is 17.5 Å². The standard InChI is InChI=1S/C28H34N4O5.H2S/c1-19-26-6-8-32(14-20(26)2-5-28(19)36-17-25-13-30-18-37-25)15-24(33)3-4-27(34)21-10-23(12-29-11-21)31-22-7-9-35-16-22;/h2,5,10-13,18,22,24,31,33H,3-4,6-9,14-17H2,1H3;1H2/t22?,24-;/m0./s1. The lowest BCUT2D eigenvalue weighted by atomic mass is 9.94. The Morgan fingerprint density at radius 2 is 2.18 bits per heavy atom. The van der Waals surface area contributed by atoms with Gasteiger partial charge in [-0.15, -0.1) is 0 Å². The van der Waals surface area contributed by atoms with Gasteiger partial charge in [-0.3, -0.25) is 14.7 Å².